The molecule has 0 aromatic carbocycles. The second-order valence-electron chi connectivity index (χ2n) is 5.72. The predicted octanol–water partition coefficient (Wildman–Crippen LogP) is 2.43. The Labute approximate surface area is 143 Å². The maximum absolute atomic E-state index is 13.2. The van der Waals surface area contributed by atoms with E-state index < -0.39 is 27.7 Å². The summed E-state index contributed by atoms with van der Waals surface area (Å²) >= 11 is 0. The Hall–Kier alpha value is -2.23. The molecule has 0 aliphatic heterocycles. The van der Waals surface area contributed by atoms with E-state index >= 15 is 0 Å². The number of anilines is 1. The number of alkyl halides is 3. The molecule has 0 bridgehead atoms. The zero-order chi connectivity index (χ0) is 18.8. The van der Waals surface area contributed by atoms with Gasteiger partial charge in [0.2, 0.25) is 0 Å². The van der Waals surface area contributed by atoms with Crippen LogP contribution in [0.5, 0.6) is 0 Å². The average molecular weight is 374 g/mol. The Kier molecular flexibility index (Phi) is 5.31. The lowest BCUT2D eigenvalue weighted by Crippen LogP contribution is -2.35. The molecule has 2 aromatic heterocycles. The molecule has 0 fully saturated rings. The number of sulfone groups is 1. The molecule has 1 unspecified atom stereocenters. The topological polar surface area (TPSA) is 76.1 Å². The van der Waals surface area contributed by atoms with Crippen molar-refractivity contribution in [2.45, 2.75) is 19.1 Å². The van der Waals surface area contributed by atoms with Crippen LogP contribution in [0.15, 0.2) is 30.6 Å². The highest BCUT2D eigenvalue weighted by Crippen LogP contribution is 2.31. The summed E-state index contributed by atoms with van der Waals surface area (Å²) in [5.41, 5.74) is -0.714. The minimum Gasteiger partial charge on any atom is -0.356 e. The summed E-state index contributed by atoms with van der Waals surface area (Å²) in [4.78, 5) is 12.9. The smallest absolute Gasteiger partial charge is 0.356 e. The van der Waals surface area contributed by atoms with Crippen LogP contribution in [-0.4, -0.2) is 48.5 Å². The Morgan fingerprint density at radius 1 is 1.20 bits per heavy atom. The summed E-state index contributed by atoms with van der Waals surface area (Å²) in [5.74, 6) is -0.324. The Bertz CT molecular complexity index is 842. The summed E-state index contributed by atoms with van der Waals surface area (Å²) in [6.45, 7) is 1.60. The number of halogens is 3. The molecule has 0 aliphatic carbocycles. The van der Waals surface area contributed by atoms with Gasteiger partial charge in [0.15, 0.2) is 11.5 Å². The molecule has 6 nitrogen and oxygen atoms in total. The predicted molar refractivity (Wildman–Crippen MR) is 87.8 cm³/mol. The minimum atomic E-state index is -4.65. The van der Waals surface area contributed by atoms with Gasteiger partial charge in [0.1, 0.15) is 15.7 Å². The lowest BCUT2D eigenvalue weighted by Gasteiger charge is -2.26. The molecule has 0 saturated heterocycles. The van der Waals surface area contributed by atoms with Crippen LogP contribution in [0.2, 0.25) is 0 Å². The molecule has 0 saturated carbocycles. The van der Waals surface area contributed by atoms with E-state index in [-0.39, 0.29) is 17.4 Å². The van der Waals surface area contributed by atoms with Gasteiger partial charge < -0.3 is 4.90 Å². The minimum absolute atomic E-state index is 0.00899. The van der Waals surface area contributed by atoms with Gasteiger partial charge >= 0.3 is 6.18 Å². The van der Waals surface area contributed by atoms with Crippen LogP contribution in [0, 0.1) is 0 Å². The van der Waals surface area contributed by atoms with Gasteiger partial charge in [-0.1, -0.05) is 0 Å². The Balaban J connectivity index is 2.50. The van der Waals surface area contributed by atoms with E-state index in [1.807, 2.05) is 0 Å². The number of rotatable bonds is 5. The van der Waals surface area contributed by atoms with Crippen molar-refractivity contribution in [1.82, 2.24) is 15.0 Å². The van der Waals surface area contributed by atoms with Crippen molar-refractivity contribution < 1.29 is 21.6 Å². The molecule has 0 amide bonds. The summed E-state index contributed by atoms with van der Waals surface area (Å²) in [6, 6.07) is 3.25. The van der Waals surface area contributed by atoms with Crippen LogP contribution >= 0.6 is 0 Å². The number of hydrogen-bond acceptors (Lipinski definition) is 6. The molecular formula is C15H17F3N4O2S. The zero-order valence-electron chi connectivity index (χ0n) is 13.8. The Morgan fingerprint density at radius 2 is 1.80 bits per heavy atom. The molecule has 0 aliphatic rings. The van der Waals surface area contributed by atoms with Gasteiger partial charge in [-0.2, -0.15) is 13.2 Å². The third kappa shape index (κ3) is 5.12. The lowest BCUT2D eigenvalue weighted by molar-refractivity contribution is -0.141. The SMILES string of the molecule is CC(CS(C)(=O)=O)N(C)c1cc(C(F)(F)F)nc(-c2ccncc2)n1. The van der Waals surface area contributed by atoms with Gasteiger partial charge in [-0.25, -0.2) is 18.4 Å². The molecule has 0 N–H and O–H groups in total. The fourth-order valence-electron chi connectivity index (χ4n) is 2.17. The Morgan fingerprint density at radius 3 is 2.32 bits per heavy atom. The number of hydrogen-bond donors (Lipinski definition) is 0. The number of pyridine rings is 1. The van der Waals surface area contributed by atoms with Crippen LogP contribution in [0.1, 0.15) is 12.6 Å². The van der Waals surface area contributed by atoms with Crippen molar-refractivity contribution in [3.63, 3.8) is 0 Å². The van der Waals surface area contributed by atoms with Crippen LogP contribution in [0.25, 0.3) is 11.4 Å². The average Bonchev–Trinajstić information content (AvgIpc) is 2.52. The van der Waals surface area contributed by atoms with E-state index in [1.54, 1.807) is 6.92 Å². The van der Waals surface area contributed by atoms with Crippen molar-refractivity contribution in [3.8, 4) is 11.4 Å². The first-order valence-electron chi connectivity index (χ1n) is 7.24. The van der Waals surface area contributed by atoms with E-state index in [9.17, 15) is 21.6 Å². The monoisotopic (exact) mass is 374 g/mol. The molecule has 10 heteroatoms. The van der Waals surface area contributed by atoms with Gasteiger partial charge in [0.25, 0.3) is 0 Å². The van der Waals surface area contributed by atoms with Gasteiger partial charge in [0.05, 0.1) is 5.75 Å². The first-order chi connectivity index (χ1) is 11.5. The van der Waals surface area contributed by atoms with E-state index in [1.165, 1.54) is 36.5 Å². The summed E-state index contributed by atoms with van der Waals surface area (Å²) < 4.78 is 62.4. The molecule has 2 heterocycles. The fourth-order valence-corrected chi connectivity index (χ4v) is 3.27. The van der Waals surface area contributed by atoms with Crippen molar-refractivity contribution in [2.75, 3.05) is 24.0 Å². The van der Waals surface area contributed by atoms with Gasteiger partial charge in [-0.05, 0) is 19.1 Å². The fraction of sp³-hybridized carbons (Fsp3) is 0.400. The van der Waals surface area contributed by atoms with E-state index in [2.05, 4.69) is 15.0 Å². The standard InChI is InChI=1S/C15H17F3N4O2S/c1-10(9-25(3,23)24)22(2)13-8-12(15(16,17)18)20-14(21-13)11-4-6-19-7-5-11/h4-8,10H,9H2,1-3H3. The maximum Gasteiger partial charge on any atom is 0.433 e. The highest BCUT2D eigenvalue weighted by atomic mass is 32.2. The largest absolute Gasteiger partial charge is 0.433 e. The molecule has 2 rings (SSSR count). The normalized spacial score (nSPS) is 13.5. The quantitative estimate of drug-likeness (QED) is 0.800. The second-order valence-corrected chi connectivity index (χ2v) is 7.91. The third-order valence-electron chi connectivity index (χ3n) is 3.51. The van der Waals surface area contributed by atoms with Crippen LogP contribution in [0.3, 0.4) is 0 Å². The van der Waals surface area contributed by atoms with Crippen LogP contribution in [0.4, 0.5) is 19.0 Å². The summed E-state index contributed by atoms with van der Waals surface area (Å²) in [7, 11) is -1.80. The van der Waals surface area contributed by atoms with Gasteiger partial charge in [-0.15, -0.1) is 0 Å². The van der Waals surface area contributed by atoms with E-state index in [4.69, 9.17) is 0 Å². The van der Waals surface area contributed by atoms with E-state index in [0.29, 0.717) is 5.56 Å². The van der Waals surface area contributed by atoms with Crippen molar-refractivity contribution in [3.05, 3.63) is 36.3 Å². The first-order valence-corrected chi connectivity index (χ1v) is 9.30. The number of nitrogens with zero attached hydrogens (tertiary/aromatic N) is 4. The molecule has 0 spiro atoms. The first kappa shape index (κ1) is 19.1. The van der Waals surface area contributed by atoms with E-state index in [0.717, 1.165) is 12.3 Å². The van der Waals surface area contributed by atoms with Crippen LogP contribution < -0.4 is 4.90 Å². The molecule has 136 valence electrons. The highest BCUT2D eigenvalue weighted by molar-refractivity contribution is 7.90. The van der Waals surface area contributed by atoms with Crippen molar-refractivity contribution >= 4 is 15.7 Å². The van der Waals surface area contributed by atoms with Crippen molar-refractivity contribution in [2.24, 2.45) is 0 Å². The lowest BCUT2D eigenvalue weighted by atomic mass is 10.2. The molecule has 1 atom stereocenters. The van der Waals surface area contributed by atoms with Crippen molar-refractivity contribution in [1.29, 1.82) is 0 Å². The second kappa shape index (κ2) is 6.95. The van der Waals surface area contributed by atoms with Crippen LogP contribution in [-0.2, 0) is 16.0 Å². The molecule has 0 radical (unpaired) electrons. The summed E-state index contributed by atoms with van der Waals surface area (Å²) in [6.07, 6.45) is -0.732. The highest BCUT2D eigenvalue weighted by Gasteiger charge is 2.34. The molecule has 2 aromatic rings. The maximum atomic E-state index is 13.2. The molecule has 25 heavy (non-hydrogen) atoms. The summed E-state index contributed by atoms with van der Waals surface area (Å²) in [5, 5.41) is 0. The van der Waals surface area contributed by atoms with Gasteiger partial charge in [0, 0.05) is 43.4 Å². The zero-order valence-corrected chi connectivity index (χ0v) is 14.6. The number of aromatic nitrogens is 3. The van der Waals surface area contributed by atoms with Gasteiger partial charge in [-0.3, -0.25) is 4.98 Å². The third-order valence-corrected chi connectivity index (χ3v) is 4.60. The molecular weight excluding hydrogens is 357 g/mol.